The molecule has 0 unspecified atom stereocenters. The number of nitrogens with zero attached hydrogens (tertiary/aromatic N) is 3. The van der Waals surface area contributed by atoms with Gasteiger partial charge in [-0.1, -0.05) is 53.5 Å². The van der Waals surface area contributed by atoms with Crippen LogP contribution in [0.2, 0.25) is 10.0 Å². The number of ether oxygens (including phenoxy) is 1. The number of halogens is 2. The Hall–Kier alpha value is -4.45. The van der Waals surface area contributed by atoms with Gasteiger partial charge in [0.2, 0.25) is 11.8 Å². The van der Waals surface area contributed by atoms with Crippen LogP contribution in [0.15, 0.2) is 58.3 Å². The maximum Gasteiger partial charge on any atom is 0.330 e. The van der Waals surface area contributed by atoms with Crippen LogP contribution in [-0.4, -0.2) is 45.6 Å². The zero-order valence-corrected chi connectivity index (χ0v) is 27.0. The van der Waals surface area contributed by atoms with Crippen LogP contribution in [0.5, 0.6) is 5.88 Å². The molecule has 13 heteroatoms. The van der Waals surface area contributed by atoms with E-state index >= 15 is 0 Å². The molecule has 0 spiro atoms. The maximum absolute atomic E-state index is 13.1. The molecule has 238 valence electrons. The number of hydrogen-bond acceptors (Lipinski definition) is 7. The number of nitrogens with one attached hydrogen (secondary N) is 3. The van der Waals surface area contributed by atoms with E-state index in [9.17, 15) is 19.2 Å². The summed E-state index contributed by atoms with van der Waals surface area (Å²) in [6.07, 6.45) is 4.29. The van der Waals surface area contributed by atoms with Gasteiger partial charge in [0.05, 0.1) is 28.5 Å². The molecule has 1 saturated heterocycles. The minimum absolute atomic E-state index is 0.0588. The molecular weight excluding hydrogens is 631 g/mol. The summed E-state index contributed by atoms with van der Waals surface area (Å²) in [6, 6.07) is 12.9. The van der Waals surface area contributed by atoms with Crippen molar-refractivity contribution in [3.63, 3.8) is 0 Å². The smallest absolute Gasteiger partial charge is 0.330 e. The Morgan fingerprint density at radius 3 is 2.46 bits per heavy atom. The van der Waals surface area contributed by atoms with Crippen LogP contribution in [0, 0.1) is 0 Å². The second kappa shape index (κ2) is 12.7. The van der Waals surface area contributed by atoms with Gasteiger partial charge in [-0.2, -0.15) is 0 Å². The first kappa shape index (κ1) is 31.5. The lowest BCUT2D eigenvalue weighted by Gasteiger charge is -2.20. The number of carbonyl (C=O) groups excluding carboxylic acids is 2. The zero-order chi connectivity index (χ0) is 32.7. The number of aromatic nitrogens is 3. The summed E-state index contributed by atoms with van der Waals surface area (Å²) in [7, 11) is 4.37. The van der Waals surface area contributed by atoms with Crippen molar-refractivity contribution in [3.8, 4) is 28.3 Å². The van der Waals surface area contributed by atoms with E-state index in [4.69, 9.17) is 32.9 Å². The van der Waals surface area contributed by atoms with E-state index in [-0.39, 0.29) is 34.3 Å². The molecule has 1 aliphatic carbocycles. The molecule has 6 rings (SSSR count). The SMILES string of the molecule is COc1nc(-c2cccc(-c3cccc(NC(=O)c4cn(C)c(=O)n(C)c4=O)c3Cl)c2Cl)cc2c1[C@@H](NC[C@@H]1CCC(=O)N1)CC2. The highest BCUT2D eigenvalue weighted by Gasteiger charge is 2.30. The molecule has 2 aromatic carbocycles. The van der Waals surface area contributed by atoms with Gasteiger partial charge in [-0.15, -0.1) is 0 Å². The molecule has 1 aliphatic heterocycles. The highest BCUT2D eigenvalue weighted by Crippen LogP contribution is 2.44. The van der Waals surface area contributed by atoms with Gasteiger partial charge in [-0.05, 0) is 37.0 Å². The lowest BCUT2D eigenvalue weighted by atomic mass is 9.99. The van der Waals surface area contributed by atoms with Gasteiger partial charge in [-0.25, -0.2) is 9.78 Å². The summed E-state index contributed by atoms with van der Waals surface area (Å²) in [6.45, 7) is 0.677. The number of fused-ring (bicyclic) bond motifs is 1. The molecule has 0 bridgehead atoms. The second-order valence-corrected chi connectivity index (χ2v) is 12.2. The lowest BCUT2D eigenvalue weighted by Crippen LogP contribution is -2.40. The number of aryl methyl sites for hydroxylation is 2. The third kappa shape index (κ3) is 5.81. The fourth-order valence-electron chi connectivity index (χ4n) is 6.15. The number of amides is 2. The predicted molar refractivity (Wildman–Crippen MR) is 177 cm³/mol. The van der Waals surface area contributed by atoms with Gasteiger partial charge < -0.3 is 25.3 Å². The van der Waals surface area contributed by atoms with E-state index in [2.05, 4.69) is 16.0 Å². The normalized spacial score (nSPS) is 17.1. The second-order valence-electron chi connectivity index (χ2n) is 11.5. The minimum Gasteiger partial charge on any atom is -0.481 e. The minimum atomic E-state index is -0.717. The predicted octanol–water partition coefficient (Wildman–Crippen LogP) is 4.24. The summed E-state index contributed by atoms with van der Waals surface area (Å²) in [5.74, 6) is -0.0928. The molecule has 11 nitrogen and oxygen atoms in total. The Morgan fingerprint density at radius 1 is 1.02 bits per heavy atom. The van der Waals surface area contributed by atoms with Crippen molar-refractivity contribution in [2.75, 3.05) is 19.0 Å². The van der Waals surface area contributed by atoms with Crippen molar-refractivity contribution in [1.82, 2.24) is 24.8 Å². The Balaban J connectivity index is 1.29. The van der Waals surface area contributed by atoms with Gasteiger partial charge in [0.25, 0.3) is 11.5 Å². The maximum atomic E-state index is 13.1. The van der Waals surface area contributed by atoms with Gasteiger partial charge in [0.15, 0.2) is 0 Å². The summed E-state index contributed by atoms with van der Waals surface area (Å²) in [5, 5.41) is 9.92. The first-order valence-corrected chi connectivity index (χ1v) is 15.6. The molecule has 2 atom stereocenters. The van der Waals surface area contributed by atoms with E-state index in [0.29, 0.717) is 46.3 Å². The number of methoxy groups -OCH3 is 1. The molecule has 3 heterocycles. The first-order valence-electron chi connectivity index (χ1n) is 14.8. The number of carbonyl (C=O) groups is 2. The van der Waals surface area contributed by atoms with Crippen molar-refractivity contribution in [2.45, 2.75) is 37.8 Å². The molecule has 3 N–H and O–H groups in total. The molecule has 0 radical (unpaired) electrons. The van der Waals surface area contributed by atoms with Crippen LogP contribution in [0.1, 0.15) is 46.8 Å². The van der Waals surface area contributed by atoms with E-state index in [1.165, 1.54) is 20.3 Å². The summed E-state index contributed by atoms with van der Waals surface area (Å²) in [4.78, 5) is 54.2. The molecule has 4 aromatic rings. The van der Waals surface area contributed by atoms with E-state index in [0.717, 1.165) is 39.5 Å². The van der Waals surface area contributed by atoms with Crippen LogP contribution < -0.4 is 31.9 Å². The fraction of sp³-hybridized carbons (Fsp3) is 0.303. The van der Waals surface area contributed by atoms with Crippen molar-refractivity contribution in [2.24, 2.45) is 14.1 Å². The summed E-state index contributed by atoms with van der Waals surface area (Å²) < 4.78 is 7.79. The van der Waals surface area contributed by atoms with E-state index in [1.54, 1.807) is 25.3 Å². The monoisotopic (exact) mass is 662 g/mol. The van der Waals surface area contributed by atoms with Gasteiger partial charge in [0.1, 0.15) is 5.56 Å². The van der Waals surface area contributed by atoms with Crippen molar-refractivity contribution in [3.05, 3.63) is 96.2 Å². The van der Waals surface area contributed by atoms with Crippen LogP contribution in [0.25, 0.3) is 22.4 Å². The molecule has 2 aromatic heterocycles. The van der Waals surface area contributed by atoms with Gasteiger partial charge in [-0.3, -0.25) is 19.0 Å². The molecule has 0 saturated carbocycles. The lowest BCUT2D eigenvalue weighted by molar-refractivity contribution is -0.119. The fourth-order valence-corrected chi connectivity index (χ4v) is 6.75. The van der Waals surface area contributed by atoms with Crippen molar-refractivity contribution < 1.29 is 14.3 Å². The number of benzene rings is 2. The molecular formula is C33H32Cl2N6O5. The molecule has 46 heavy (non-hydrogen) atoms. The van der Waals surface area contributed by atoms with Gasteiger partial charge >= 0.3 is 5.69 Å². The topological polar surface area (TPSA) is 136 Å². The van der Waals surface area contributed by atoms with Crippen LogP contribution in [-0.2, 0) is 25.3 Å². The average molecular weight is 664 g/mol. The number of pyridine rings is 1. The third-order valence-electron chi connectivity index (χ3n) is 8.55. The quantitative estimate of drug-likeness (QED) is 0.257. The van der Waals surface area contributed by atoms with Crippen LogP contribution in [0.3, 0.4) is 0 Å². The van der Waals surface area contributed by atoms with Crippen molar-refractivity contribution in [1.29, 1.82) is 0 Å². The van der Waals surface area contributed by atoms with E-state index in [1.807, 2.05) is 24.3 Å². The molecule has 2 amide bonds. The molecule has 1 fully saturated rings. The largest absolute Gasteiger partial charge is 0.481 e. The number of rotatable bonds is 8. The van der Waals surface area contributed by atoms with Gasteiger partial charge in [0, 0.05) is 67.6 Å². The Bertz CT molecular complexity index is 2010. The zero-order valence-electron chi connectivity index (χ0n) is 25.4. The molecule has 2 aliphatic rings. The van der Waals surface area contributed by atoms with Crippen molar-refractivity contribution >= 4 is 40.7 Å². The first-order chi connectivity index (χ1) is 22.1. The Kier molecular flexibility index (Phi) is 8.73. The van der Waals surface area contributed by atoms with Crippen LogP contribution in [0.4, 0.5) is 5.69 Å². The Morgan fingerprint density at radius 2 is 1.74 bits per heavy atom. The summed E-state index contributed by atoms with van der Waals surface area (Å²) in [5.41, 5.74) is 3.46. The number of hydrogen-bond donors (Lipinski definition) is 3. The highest BCUT2D eigenvalue weighted by atomic mass is 35.5. The highest BCUT2D eigenvalue weighted by molar-refractivity contribution is 6.39. The van der Waals surface area contributed by atoms with E-state index < -0.39 is 17.2 Å². The third-order valence-corrected chi connectivity index (χ3v) is 9.37. The summed E-state index contributed by atoms with van der Waals surface area (Å²) >= 11 is 13.9. The standard InChI is InChI=1S/C33H32Cl2N6O5/c1-40-16-22(32(44)41(2)33(40)45)30(43)38-24-9-5-7-20(29(24)35)19-6-4-8-21(28(19)34)25-14-17-10-12-23(27(17)31(39-25)46-3)36-15-18-11-13-26(42)37-18/h4-9,14,16,18,23,36H,10-13,15H2,1-3H3,(H,37,42)(H,38,43)/t18-,23-/m0/s1. The average Bonchev–Trinajstić information content (AvgIpc) is 3.66. The number of anilines is 1. The van der Waals surface area contributed by atoms with Crippen LogP contribution >= 0.6 is 23.2 Å². The Labute approximate surface area is 274 Å².